The summed E-state index contributed by atoms with van der Waals surface area (Å²) in [4.78, 5) is 2.46. The fourth-order valence-electron chi connectivity index (χ4n) is 1.76. The molecule has 0 aliphatic heterocycles. The molecule has 2 nitrogen and oxygen atoms in total. The summed E-state index contributed by atoms with van der Waals surface area (Å²) in [5.74, 6) is 0. The Kier molecular flexibility index (Phi) is 5.29. The fraction of sp³-hybridized carbons (Fsp3) is 0.538. The van der Waals surface area contributed by atoms with Crippen molar-refractivity contribution in [1.82, 2.24) is 4.90 Å². The second-order valence-electron chi connectivity index (χ2n) is 4.18. The van der Waals surface area contributed by atoms with Gasteiger partial charge in [0.25, 0.3) is 0 Å². The van der Waals surface area contributed by atoms with E-state index in [4.69, 9.17) is 5.73 Å². The van der Waals surface area contributed by atoms with E-state index in [-0.39, 0.29) is 0 Å². The van der Waals surface area contributed by atoms with Gasteiger partial charge in [0, 0.05) is 22.7 Å². The molecule has 0 fully saturated rings. The Morgan fingerprint density at radius 1 is 1.38 bits per heavy atom. The van der Waals surface area contributed by atoms with E-state index in [0.717, 1.165) is 23.2 Å². The lowest BCUT2D eigenvalue weighted by Crippen LogP contribution is -2.31. The molecule has 0 bridgehead atoms. The Labute approximate surface area is 107 Å². The molecule has 0 aromatic heterocycles. The molecule has 1 aromatic rings. The number of hydrogen-bond acceptors (Lipinski definition) is 2. The third kappa shape index (κ3) is 3.49. The molecular weight excluding hydrogens is 264 g/mol. The van der Waals surface area contributed by atoms with Gasteiger partial charge in [0.2, 0.25) is 0 Å². The molecule has 1 rings (SSSR count). The number of nitrogen functional groups attached to an aromatic ring is 1. The summed E-state index contributed by atoms with van der Waals surface area (Å²) in [7, 11) is 0. The predicted octanol–water partition coefficient (Wildman–Crippen LogP) is 3.65. The van der Waals surface area contributed by atoms with Gasteiger partial charge in [0.05, 0.1) is 0 Å². The highest BCUT2D eigenvalue weighted by Crippen LogP contribution is 2.21. The van der Waals surface area contributed by atoms with Gasteiger partial charge >= 0.3 is 0 Å². The maximum atomic E-state index is 5.88. The van der Waals surface area contributed by atoms with E-state index in [1.807, 2.05) is 6.07 Å². The number of rotatable bonds is 5. The number of benzene rings is 1. The van der Waals surface area contributed by atoms with Crippen molar-refractivity contribution in [3.8, 4) is 0 Å². The zero-order valence-corrected chi connectivity index (χ0v) is 11.9. The van der Waals surface area contributed by atoms with E-state index in [0.29, 0.717) is 6.04 Å². The topological polar surface area (TPSA) is 29.3 Å². The molecule has 3 heteroatoms. The summed E-state index contributed by atoms with van der Waals surface area (Å²) in [5, 5.41) is 0. The van der Waals surface area contributed by atoms with Crippen LogP contribution in [0.2, 0.25) is 0 Å². The Balaban J connectivity index is 2.74. The zero-order chi connectivity index (χ0) is 12.1. The molecule has 1 atom stereocenters. The molecule has 0 saturated carbocycles. The van der Waals surface area contributed by atoms with Crippen LogP contribution in [0.3, 0.4) is 0 Å². The quantitative estimate of drug-likeness (QED) is 0.837. The van der Waals surface area contributed by atoms with Crippen LogP contribution in [0, 0.1) is 0 Å². The molecule has 1 unspecified atom stereocenters. The normalized spacial score (nSPS) is 13.1. The summed E-state index contributed by atoms with van der Waals surface area (Å²) in [5.41, 5.74) is 7.98. The van der Waals surface area contributed by atoms with Crippen LogP contribution in [0.4, 0.5) is 5.69 Å². The highest BCUT2D eigenvalue weighted by molar-refractivity contribution is 9.10. The van der Waals surface area contributed by atoms with Crippen LogP contribution in [0.15, 0.2) is 22.7 Å². The number of hydrogen-bond donors (Lipinski definition) is 1. The molecule has 2 N–H and O–H groups in total. The van der Waals surface area contributed by atoms with Crippen LogP contribution in [-0.4, -0.2) is 17.5 Å². The monoisotopic (exact) mass is 284 g/mol. The second kappa shape index (κ2) is 6.26. The maximum Gasteiger partial charge on any atom is 0.0461 e. The standard InChI is InChI=1S/C13H21BrN2/c1-4-10(3)16(5-2)9-11-6-7-12(14)13(15)8-11/h6-8,10H,4-5,9,15H2,1-3H3. The Morgan fingerprint density at radius 3 is 2.56 bits per heavy atom. The first-order chi connectivity index (χ1) is 7.58. The molecule has 0 aliphatic rings. The van der Waals surface area contributed by atoms with Gasteiger partial charge in [-0.3, -0.25) is 4.90 Å². The number of anilines is 1. The van der Waals surface area contributed by atoms with Crippen molar-refractivity contribution in [3.05, 3.63) is 28.2 Å². The average Bonchev–Trinajstić information content (AvgIpc) is 2.29. The van der Waals surface area contributed by atoms with Gasteiger partial charge in [0.1, 0.15) is 0 Å². The van der Waals surface area contributed by atoms with E-state index >= 15 is 0 Å². The molecule has 0 amide bonds. The molecule has 90 valence electrons. The summed E-state index contributed by atoms with van der Waals surface area (Å²) in [6.45, 7) is 8.75. The summed E-state index contributed by atoms with van der Waals surface area (Å²) >= 11 is 3.42. The fourth-order valence-corrected chi connectivity index (χ4v) is 2.01. The van der Waals surface area contributed by atoms with Crippen LogP contribution in [0.25, 0.3) is 0 Å². The van der Waals surface area contributed by atoms with E-state index in [1.165, 1.54) is 12.0 Å². The third-order valence-electron chi connectivity index (χ3n) is 3.07. The van der Waals surface area contributed by atoms with Crippen LogP contribution in [-0.2, 0) is 6.54 Å². The van der Waals surface area contributed by atoms with Gasteiger partial charge in [-0.2, -0.15) is 0 Å². The highest BCUT2D eigenvalue weighted by Gasteiger charge is 2.10. The van der Waals surface area contributed by atoms with Crippen LogP contribution >= 0.6 is 15.9 Å². The molecule has 0 heterocycles. The lowest BCUT2D eigenvalue weighted by molar-refractivity contribution is 0.206. The minimum atomic E-state index is 0.620. The number of nitrogens with zero attached hydrogens (tertiary/aromatic N) is 1. The third-order valence-corrected chi connectivity index (χ3v) is 3.79. The second-order valence-corrected chi connectivity index (χ2v) is 5.03. The molecule has 0 spiro atoms. The molecule has 0 aliphatic carbocycles. The van der Waals surface area contributed by atoms with Crippen LogP contribution < -0.4 is 5.73 Å². The molecule has 1 aromatic carbocycles. The summed E-state index contributed by atoms with van der Waals surface area (Å²) < 4.78 is 0.975. The van der Waals surface area contributed by atoms with Crippen molar-refractivity contribution in [2.24, 2.45) is 0 Å². The predicted molar refractivity (Wildman–Crippen MR) is 74.4 cm³/mol. The van der Waals surface area contributed by atoms with Crippen LogP contribution in [0.5, 0.6) is 0 Å². The first-order valence-corrected chi connectivity index (χ1v) is 6.65. The van der Waals surface area contributed by atoms with E-state index in [2.05, 4.69) is 53.7 Å². The first kappa shape index (κ1) is 13.5. The molecular formula is C13H21BrN2. The molecule has 16 heavy (non-hydrogen) atoms. The lowest BCUT2D eigenvalue weighted by atomic mass is 10.1. The summed E-state index contributed by atoms with van der Waals surface area (Å²) in [6, 6.07) is 6.82. The van der Waals surface area contributed by atoms with Crippen molar-refractivity contribution in [1.29, 1.82) is 0 Å². The highest BCUT2D eigenvalue weighted by atomic mass is 79.9. The van der Waals surface area contributed by atoms with Gasteiger partial charge in [-0.25, -0.2) is 0 Å². The first-order valence-electron chi connectivity index (χ1n) is 5.86. The SMILES string of the molecule is CCC(C)N(CC)Cc1ccc(Br)c(N)c1. The van der Waals surface area contributed by atoms with Crippen LogP contribution in [0.1, 0.15) is 32.8 Å². The Morgan fingerprint density at radius 2 is 2.06 bits per heavy atom. The maximum absolute atomic E-state index is 5.88. The van der Waals surface area contributed by atoms with Gasteiger partial charge in [0.15, 0.2) is 0 Å². The van der Waals surface area contributed by atoms with Gasteiger partial charge < -0.3 is 5.73 Å². The van der Waals surface area contributed by atoms with Crippen molar-refractivity contribution < 1.29 is 0 Å². The van der Waals surface area contributed by atoms with Crippen molar-refractivity contribution in [3.63, 3.8) is 0 Å². The summed E-state index contributed by atoms with van der Waals surface area (Å²) in [6.07, 6.45) is 1.18. The van der Waals surface area contributed by atoms with Gasteiger partial charge in [-0.15, -0.1) is 0 Å². The van der Waals surface area contributed by atoms with Crippen molar-refractivity contribution in [2.45, 2.75) is 39.8 Å². The minimum absolute atomic E-state index is 0.620. The zero-order valence-electron chi connectivity index (χ0n) is 10.3. The largest absolute Gasteiger partial charge is 0.398 e. The Hall–Kier alpha value is -0.540. The van der Waals surface area contributed by atoms with E-state index < -0.39 is 0 Å². The van der Waals surface area contributed by atoms with Gasteiger partial charge in [-0.05, 0) is 53.5 Å². The van der Waals surface area contributed by atoms with E-state index in [1.54, 1.807) is 0 Å². The number of halogens is 1. The smallest absolute Gasteiger partial charge is 0.0461 e. The van der Waals surface area contributed by atoms with Crippen molar-refractivity contribution in [2.75, 3.05) is 12.3 Å². The minimum Gasteiger partial charge on any atom is -0.398 e. The Bertz CT molecular complexity index is 339. The number of nitrogens with two attached hydrogens (primary N) is 1. The average molecular weight is 285 g/mol. The molecule has 0 radical (unpaired) electrons. The van der Waals surface area contributed by atoms with E-state index in [9.17, 15) is 0 Å². The molecule has 0 saturated heterocycles. The van der Waals surface area contributed by atoms with Crippen molar-refractivity contribution >= 4 is 21.6 Å². The lowest BCUT2D eigenvalue weighted by Gasteiger charge is -2.27. The van der Waals surface area contributed by atoms with Gasteiger partial charge in [-0.1, -0.05) is 19.9 Å².